The summed E-state index contributed by atoms with van der Waals surface area (Å²) < 4.78 is 21.9. The number of benzene rings is 2. The Kier molecular flexibility index (Phi) is 6.32. The number of hydrogen-bond acceptors (Lipinski definition) is 7. The third kappa shape index (κ3) is 4.13. The lowest BCUT2D eigenvalue weighted by atomic mass is 10.0. The summed E-state index contributed by atoms with van der Waals surface area (Å²) in [5, 5.41) is 9.78. The Morgan fingerprint density at radius 3 is 2.72 bits per heavy atom. The number of ether oxygens (including phenoxy) is 3. The highest BCUT2D eigenvalue weighted by molar-refractivity contribution is 5.83. The number of hydrogen-bond donors (Lipinski definition) is 1. The second kappa shape index (κ2) is 9.32. The molecule has 1 aromatic heterocycles. The maximum atomic E-state index is 13.0. The van der Waals surface area contributed by atoms with E-state index in [1.54, 1.807) is 48.4 Å². The van der Waals surface area contributed by atoms with Crippen LogP contribution >= 0.6 is 0 Å². The van der Waals surface area contributed by atoms with Crippen molar-refractivity contribution in [2.24, 2.45) is 0 Å². The number of nitrogens with zero attached hydrogens (tertiary/aromatic N) is 1. The highest BCUT2D eigenvalue weighted by atomic mass is 16.5. The highest BCUT2D eigenvalue weighted by Crippen LogP contribution is 2.32. The summed E-state index contributed by atoms with van der Waals surface area (Å²) in [6, 6.07) is 9.92. The van der Waals surface area contributed by atoms with E-state index in [0.29, 0.717) is 45.9 Å². The van der Waals surface area contributed by atoms with Gasteiger partial charge in [0.05, 0.1) is 37.8 Å². The minimum absolute atomic E-state index is 0.0464. The van der Waals surface area contributed by atoms with E-state index in [2.05, 4.69) is 0 Å². The van der Waals surface area contributed by atoms with E-state index in [1.165, 1.54) is 13.4 Å². The Morgan fingerprint density at radius 1 is 1.16 bits per heavy atom. The fourth-order valence-corrected chi connectivity index (χ4v) is 3.98. The van der Waals surface area contributed by atoms with Crippen LogP contribution in [0.3, 0.4) is 0 Å². The zero-order valence-corrected chi connectivity index (χ0v) is 18.0. The van der Waals surface area contributed by atoms with Crippen molar-refractivity contribution in [2.75, 3.05) is 34.0 Å². The van der Waals surface area contributed by atoms with Gasteiger partial charge in [-0.1, -0.05) is 6.07 Å². The fraction of sp³-hybridized carbons (Fsp3) is 0.333. The van der Waals surface area contributed by atoms with E-state index in [-0.39, 0.29) is 30.6 Å². The van der Waals surface area contributed by atoms with Crippen molar-refractivity contribution in [2.45, 2.75) is 18.9 Å². The van der Waals surface area contributed by atoms with Crippen LogP contribution < -0.4 is 19.6 Å². The molecule has 3 aromatic rings. The molecule has 0 spiro atoms. The number of amides is 1. The van der Waals surface area contributed by atoms with Crippen LogP contribution in [-0.4, -0.2) is 55.9 Å². The van der Waals surface area contributed by atoms with Crippen molar-refractivity contribution >= 4 is 16.9 Å². The summed E-state index contributed by atoms with van der Waals surface area (Å²) >= 11 is 0. The molecule has 8 heteroatoms. The third-order valence-corrected chi connectivity index (χ3v) is 5.71. The van der Waals surface area contributed by atoms with Gasteiger partial charge < -0.3 is 28.6 Å². The second-order valence-electron chi connectivity index (χ2n) is 7.56. The predicted molar refractivity (Wildman–Crippen MR) is 118 cm³/mol. The molecule has 0 radical (unpaired) electrons. The molecular formula is C24H25NO7. The molecule has 32 heavy (non-hydrogen) atoms. The van der Waals surface area contributed by atoms with Crippen molar-refractivity contribution in [1.29, 1.82) is 0 Å². The second-order valence-corrected chi connectivity index (χ2v) is 7.56. The van der Waals surface area contributed by atoms with Gasteiger partial charge in [-0.25, -0.2) is 0 Å². The van der Waals surface area contributed by atoms with Crippen molar-refractivity contribution in [1.82, 2.24) is 4.90 Å². The highest BCUT2D eigenvalue weighted by Gasteiger charge is 2.28. The van der Waals surface area contributed by atoms with Crippen molar-refractivity contribution in [3.8, 4) is 28.4 Å². The molecule has 8 nitrogen and oxygen atoms in total. The zero-order chi connectivity index (χ0) is 22.7. The van der Waals surface area contributed by atoms with E-state index >= 15 is 0 Å². The van der Waals surface area contributed by atoms with Gasteiger partial charge in [0, 0.05) is 12.6 Å². The maximum absolute atomic E-state index is 13.0. The molecule has 1 fully saturated rings. The average Bonchev–Trinajstić information content (AvgIpc) is 3.31. The Hall–Kier alpha value is -3.52. The van der Waals surface area contributed by atoms with Gasteiger partial charge >= 0.3 is 0 Å². The monoisotopic (exact) mass is 439 g/mol. The molecule has 0 aliphatic carbocycles. The van der Waals surface area contributed by atoms with Gasteiger partial charge in [-0.15, -0.1) is 0 Å². The molecule has 4 rings (SSSR count). The molecule has 1 saturated heterocycles. The van der Waals surface area contributed by atoms with Crippen LogP contribution in [0.15, 0.2) is 51.9 Å². The lowest BCUT2D eigenvalue weighted by Gasteiger charge is -2.22. The zero-order valence-electron chi connectivity index (χ0n) is 18.0. The number of aliphatic hydroxyl groups is 1. The number of methoxy groups -OCH3 is 2. The molecule has 0 bridgehead atoms. The first kappa shape index (κ1) is 21.7. The van der Waals surface area contributed by atoms with E-state index < -0.39 is 0 Å². The van der Waals surface area contributed by atoms with Crippen LogP contribution in [0.1, 0.15) is 12.8 Å². The minimum Gasteiger partial charge on any atom is -0.493 e. The molecule has 2 aromatic carbocycles. The first-order valence-electron chi connectivity index (χ1n) is 10.4. The topological polar surface area (TPSA) is 98.4 Å². The number of likely N-dealkylation sites (tertiary alicyclic amines) is 1. The van der Waals surface area contributed by atoms with Crippen LogP contribution in [-0.2, 0) is 4.79 Å². The summed E-state index contributed by atoms with van der Waals surface area (Å²) in [4.78, 5) is 27.1. The summed E-state index contributed by atoms with van der Waals surface area (Å²) in [5.74, 6) is 1.33. The third-order valence-electron chi connectivity index (χ3n) is 5.71. The van der Waals surface area contributed by atoms with Crippen LogP contribution in [0.4, 0.5) is 0 Å². The average molecular weight is 439 g/mol. The SMILES string of the molecule is COc1ccc(-c2coc3cc(OCC(=O)N4CCC[C@H]4CO)ccc3c2=O)cc1OC. The largest absolute Gasteiger partial charge is 0.493 e. The van der Waals surface area contributed by atoms with Crippen LogP contribution in [0.5, 0.6) is 17.2 Å². The predicted octanol–water partition coefficient (Wildman–Crippen LogP) is 2.84. The maximum Gasteiger partial charge on any atom is 0.260 e. The quantitative estimate of drug-likeness (QED) is 0.604. The fourth-order valence-electron chi connectivity index (χ4n) is 3.98. The summed E-state index contributed by atoms with van der Waals surface area (Å²) in [5.41, 5.74) is 1.21. The Bertz CT molecular complexity index is 1190. The van der Waals surface area contributed by atoms with Gasteiger partial charge in [0.2, 0.25) is 0 Å². The lowest BCUT2D eigenvalue weighted by Crippen LogP contribution is -2.40. The van der Waals surface area contributed by atoms with Crippen LogP contribution in [0.2, 0.25) is 0 Å². The van der Waals surface area contributed by atoms with Gasteiger partial charge in [-0.3, -0.25) is 9.59 Å². The number of carbonyl (C=O) groups excluding carboxylic acids is 1. The van der Waals surface area contributed by atoms with Gasteiger partial charge in [0.15, 0.2) is 23.5 Å². The normalized spacial score (nSPS) is 15.7. The Morgan fingerprint density at radius 2 is 1.97 bits per heavy atom. The lowest BCUT2D eigenvalue weighted by molar-refractivity contribution is -0.134. The van der Waals surface area contributed by atoms with Gasteiger partial charge in [0.25, 0.3) is 5.91 Å². The molecular weight excluding hydrogens is 414 g/mol. The number of fused-ring (bicyclic) bond motifs is 1. The van der Waals surface area contributed by atoms with E-state index in [1.807, 2.05) is 0 Å². The first-order chi connectivity index (χ1) is 15.5. The minimum atomic E-state index is -0.191. The smallest absolute Gasteiger partial charge is 0.260 e. The van der Waals surface area contributed by atoms with E-state index in [9.17, 15) is 14.7 Å². The molecule has 0 unspecified atom stereocenters. The van der Waals surface area contributed by atoms with Crippen molar-refractivity contribution < 1.29 is 28.5 Å². The summed E-state index contributed by atoms with van der Waals surface area (Å²) in [6.45, 7) is 0.435. The van der Waals surface area contributed by atoms with Crippen LogP contribution in [0.25, 0.3) is 22.1 Å². The van der Waals surface area contributed by atoms with Crippen molar-refractivity contribution in [3.63, 3.8) is 0 Å². The molecule has 168 valence electrons. The molecule has 1 aliphatic heterocycles. The molecule has 2 heterocycles. The Labute approximate surface area is 184 Å². The molecule has 1 aliphatic rings. The van der Waals surface area contributed by atoms with Gasteiger partial charge in [-0.05, 0) is 42.7 Å². The van der Waals surface area contributed by atoms with Gasteiger partial charge in [0.1, 0.15) is 17.6 Å². The summed E-state index contributed by atoms with van der Waals surface area (Å²) in [7, 11) is 3.08. The first-order valence-corrected chi connectivity index (χ1v) is 10.4. The molecule has 1 amide bonds. The number of aliphatic hydroxyl groups excluding tert-OH is 1. The van der Waals surface area contributed by atoms with Gasteiger partial charge in [-0.2, -0.15) is 0 Å². The standard InChI is InChI=1S/C24H25NO7/c1-29-20-8-5-15(10-22(20)30-2)19-13-32-21-11-17(6-7-18(21)24(19)28)31-14-23(27)25-9-3-4-16(25)12-26/h5-8,10-11,13,16,26H,3-4,9,12,14H2,1-2H3/t16-/m0/s1. The number of rotatable bonds is 7. The number of carbonyl (C=O) groups is 1. The van der Waals surface area contributed by atoms with E-state index in [0.717, 1.165) is 12.8 Å². The van der Waals surface area contributed by atoms with Crippen molar-refractivity contribution in [3.05, 3.63) is 52.9 Å². The Balaban J connectivity index is 1.55. The summed E-state index contributed by atoms with van der Waals surface area (Å²) in [6.07, 6.45) is 3.07. The molecule has 1 N–H and O–H groups in total. The molecule has 0 saturated carbocycles. The van der Waals surface area contributed by atoms with E-state index in [4.69, 9.17) is 18.6 Å². The molecule has 1 atom stereocenters. The van der Waals surface area contributed by atoms with Crippen LogP contribution in [0, 0.1) is 0 Å².